The highest BCUT2D eigenvalue weighted by Crippen LogP contribution is 2.18. The summed E-state index contributed by atoms with van der Waals surface area (Å²) in [6.45, 7) is 2.92. The molecule has 0 radical (unpaired) electrons. The first-order chi connectivity index (χ1) is 8.54. The average molecular weight is 254 g/mol. The summed E-state index contributed by atoms with van der Waals surface area (Å²) in [6.07, 6.45) is 1.58. The van der Waals surface area contributed by atoms with E-state index in [1.54, 1.807) is 11.8 Å². The van der Waals surface area contributed by atoms with Crippen molar-refractivity contribution >= 4 is 11.6 Å². The van der Waals surface area contributed by atoms with E-state index in [2.05, 4.69) is 5.32 Å². The minimum Gasteiger partial charge on any atom is -0.382 e. The van der Waals surface area contributed by atoms with Gasteiger partial charge in [0.05, 0.1) is 0 Å². The third-order valence-corrected chi connectivity index (χ3v) is 3.17. The first-order valence-electron chi connectivity index (χ1n) is 6.03. The fourth-order valence-electron chi connectivity index (χ4n) is 2.21. The van der Waals surface area contributed by atoms with E-state index in [1.807, 2.05) is 0 Å². The lowest BCUT2D eigenvalue weighted by molar-refractivity contribution is -0.129. The Morgan fingerprint density at radius 3 is 2.28 bits per heavy atom. The Morgan fingerprint density at radius 1 is 1.22 bits per heavy atom. The van der Waals surface area contributed by atoms with Crippen LogP contribution in [0.3, 0.4) is 0 Å². The molecule has 18 heavy (non-hydrogen) atoms. The summed E-state index contributed by atoms with van der Waals surface area (Å²) in [5.41, 5.74) is 0.453. The first-order valence-corrected chi connectivity index (χ1v) is 6.03. The predicted octanol–water partition coefficient (Wildman–Crippen LogP) is 2.39. The van der Waals surface area contributed by atoms with E-state index in [0.717, 1.165) is 18.9 Å². The number of hydrogen-bond acceptors (Lipinski definition) is 2. The van der Waals surface area contributed by atoms with E-state index in [-0.39, 0.29) is 11.9 Å². The summed E-state index contributed by atoms with van der Waals surface area (Å²) in [7, 11) is 0. The molecule has 0 unspecified atom stereocenters. The van der Waals surface area contributed by atoms with Gasteiger partial charge < -0.3 is 10.2 Å². The van der Waals surface area contributed by atoms with Crippen LogP contribution in [0, 0.1) is 11.6 Å². The van der Waals surface area contributed by atoms with Gasteiger partial charge >= 0.3 is 0 Å². The lowest BCUT2D eigenvalue weighted by atomic mass is 10.0. The number of carbonyl (C=O) groups excluding carboxylic acids is 1. The van der Waals surface area contributed by atoms with Crippen LogP contribution < -0.4 is 5.32 Å². The summed E-state index contributed by atoms with van der Waals surface area (Å²) in [4.78, 5) is 12.9. The maximum Gasteiger partial charge on any atom is 0.219 e. The summed E-state index contributed by atoms with van der Waals surface area (Å²) >= 11 is 0. The van der Waals surface area contributed by atoms with Gasteiger partial charge in [-0.2, -0.15) is 0 Å². The molecule has 0 aliphatic carbocycles. The second-order valence-corrected chi connectivity index (χ2v) is 4.58. The number of nitrogens with zero attached hydrogens (tertiary/aromatic N) is 1. The minimum absolute atomic E-state index is 0.0743. The van der Waals surface area contributed by atoms with Crippen molar-refractivity contribution in [1.29, 1.82) is 0 Å². The maximum atomic E-state index is 13.0. The molecule has 0 spiro atoms. The van der Waals surface area contributed by atoms with E-state index in [4.69, 9.17) is 0 Å². The summed E-state index contributed by atoms with van der Waals surface area (Å²) in [6, 6.07) is 3.56. The number of amides is 1. The molecule has 5 heteroatoms. The zero-order chi connectivity index (χ0) is 13.1. The van der Waals surface area contributed by atoms with Crippen LogP contribution >= 0.6 is 0 Å². The van der Waals surface area contributed by atoms with Crippen LogP contribution in [0.15, 0.2) is 18.2 Å². The van der Waals surface area contributed by atoms with Crippen LogP contribution in [0.25, 0.3) is 0 Å². The molecular weight excluding hydrogens is 238 g/mol. The van der Waals surface area contributed by atoms with Gasteiger partial charge in [0.15, 0.2) is 0 Å². The number of nitrogens with one attached hydrogen (secondary N) is 1. The molecule has 0 aromatic heterocycles. The predicted molar refractivity (Wildman–Crippen MR) is 65.3 cm³/mol. The van der Waals surface area contributed by atoms with E-state index in [1.165, 1.54) is 12.1 Å². The maximum absolute atomic E-state index is 13.0. The van der Waals surface area contributed by atoms with Gasteiger partial charge in [0.1, 0.15) is 11.6 Å². The Hall–Kier alpha value is -1.65. The monoisotopic (exact) mass is 254 g/mol. The topological polar surface area (TPSA) is 32.3 Å². The van der Waals surface area contributed by atoms with Crippen molar-refractivity contribution in [1.82, 2.24) is 4.90 Å². The van der Waals surface area contributed by atoms with Crippen molar-refractivity contribution in [3.8, 4) is 0 Å². The van der Waals surface area contributed by atoms with E-state index in [9.17, 15) is 13.6 Å². The normalized spacial score (nSPS) is 16.7. The molecule has 1 aromatic rings. The molecule has 2 rings (SSSR count). The molecule has 0 bridgehead atoms. The Kier molecular flexibility index (Phi) is 3.79. The number of likely N-dealkylation sites (tertiary alicyclic amines) is 1. The highest BCUT2D eigenvalue weighted by atomic mass is 19.1. The number of benzene rings is 1. The van der Waals surface area contributed by atoms with Crippen molar-refractivity contribution in [2.45, 2.75) is 25.8 Å². The van der Waals surface area contributed by atoms with Gasteiger partial charge in [-0.25, -0.2) is 8.78 Å². The summed E-state index contributed by atoms with van der Waals surface area (Å²) in [5, 5.41) is 3.10. The first kappa shape index (κ1) is 12.8. The van der Waals surface area contributed by atoms with Gasteiger partial charge in [-0.05, 0) is 25.0 Å². The highest BCUT2D eigenvalue weighted by Gasteiger charge is 2.20. The standard InChI is InChI=1S/C13H16F2N2O/c1-9(18)17-4-2-12(3-5-17)16-13-7-10(14)6-11(15)8-13/h6-8,12,16H,2-5H2,1H3. The third-order valence-electron chi connectivity index (χ3n) is 3.17. The van der Waals surface area contributed by atoms with Crippen LogP contribution in [0.4, 0.5) is 14.5 Å². The SMILES string of the molecule is CC(=O)N1CCC(Nc2cc(F)cc(F)c2)CC1. The van der Waals surface area contributed by atoms with Crippen LogP contribution in [0.5, 0.6) is 0 Å². The number of hydrogen-bond donors (Lipinski definition) is 1. The number of rotatable bonds is 2. The van der Waals surface area contributed by atoms with Crippen LogP contribution in [-0.2, 0) is 4.79 Å². The Bertz CT molecular complexity index is 422. The van der Waals surface area contributed by atoms with Gasteiger partial charge in [-0.3, -0.25) is 4.79 Å². The van der Waals surface area contributed by atoms with Crippen molar-refractivity contribution in [2.24, 2.45) is 0 Å². The Morgan fingerprint density at radius 2 is 1.78 bits per heavy atom. The van der Waals surface area contributed by atoms with Gasteiger partial charge in [-0.1, -0.05) is 0 Å². The zero-order valence-electron chi connectivity index (χ0n) is 10.2. The molecule has 98 valence electrons. The van der Waals surface area contributed by atoms with E-state index in [0.29, 0.717) is 18.8 Å². The van der Waals surface area contributed by atoms with Crippen molar-refractivity contribution in [2.75, 3.05) is 18.4 Å². The second kappa shape index (κ2) is 5.33. The van der Waals surface area contributed by atoms with Gasteiger partial charge in [0, 0.05) is 37.8 Å². The molecule has 0 saturated carbocycles. The van der Waals surface area contributed by atoms with E-state index >= 15 is 0 Å². The van der Waals surface area contributed by atoms with Crippen molar-refractivity contribution in [3.05, 3.63) is 29.8 Å². The molecule has 1 aliphatic rings. The van der Waals surface area contributed by atoms with Crippen LogP contribution in [0.2, 0.25) is 0 Å². The quantitative estimate of drug-likeness (QED) is 0.879. The summed E-state index contributed by atoms with van der Waals surface area (Å²) in [5.74, 6) is -1.09. The summed E-state index contributed by atoms with van der Waals surface area (Å²) < 4.78 is 26.0. The van der Waals surface area contributed by atoms with Gasteiger partial charge in [-0.15, -0.1) is 0 Å². The largest absolute Gasteiger partial charge is 0.382 e. The molecule has 1 fully saturated rings. The Balaban J connectivity index is 1.93. The average Bonchev–Trinajstić information content (AvgIpc) is 2.28. The minimum atomic E-state index is -0.585. The molecule has 1 aromatic carbocycles. The smallest absolute Gasteiger partial charge is 0.219 e. The molecule has 1 N–H and O–H groups in total. The fraction of sp³-hybridized carbons (Fsp3) is 0.462. The van der Waals surface area contributed by atoms with Gasteiger partial charge in [0.2, 0.25) is 5.91 Å². The van der Waals surface area contributed by atoms with Crippen molar-refractivity contribution in [3.63, 3.8) is 0 Å². The molecule has 1 saturated heterocycles. The number of anilines is 1. The molecule has 3 nitrogen and oxygen atoms in total. The zero-order valence-corrected chi connectivity index (χ0v) is 10.2. The number of piperidine rings is 1. The van der Waals surface area contributed by atoms with E-state index < -0.39 is 11.6 Å². The fourth-order valence-corrected chi connectivity index (χ4v) is 2.21. The lowest BCUT2D eigenvalue weighted by Gasteiger charge is -2.32. The lowest BCUT2D eigenvalue weighted by Crippen LogP contribution is -2.41. The van der Waals surface area contributed by atoms with Crippen LogP contribution in [0.1, 0.15) is 19.8 Å². The van der Waals surface area contributed by atoms with Gasteiger partial charge in [0.25, 0.3) is 0 Å². The molecular formula is C13H16F2N2O. The molecule has 1 amide bonds. The highest BCUT2D eigenvalue weighted by molar-refractivity contribution is 5.73. The Labute approximate surface area is 105 Å². The third kappa shape index (κ3) is 3.18. The van der Waals surface area contributed by atoms with Crippen LogP contribution in [-0.4, -0.2) is 29.9 Å². The number of carbonyl (C=O) groups is 1. The number of halogens is 2. The van der Waals surface area contributed by atoms with Crippen molar-refractivity contribution < 1.29 is 13.6 Å². The molecule has 1 aliphatic heterocycles. The second-order valence-electron chi connectivity index (χ2n) is 4.58. The molecule has 1 heterocycles. The molecule has 0 atom stereocenters.